The summed E-state index contributed by atoms with van der Waals surface area (Å²) in [6.07, 6.45) is 6.42. The van der Waals surface area contributed by atoms with Crippen molar-refractivity contribution in [3.05, 3.63) is 36.5 Å². The monoisotopic (exact) mass is 190 g/mol. The van der Waals surface area contributed by atoms with Crippen LogP contribution in [-0.4, -0.2) is 9.97 Å². The minimum absolute atomic E-state index is 0.405. The van der Waals surface area contributed by atoms with Crippen LogP contribution in [0.4, 0.5) is 11.6 Å². The van der Waals surface area contributed by atoms with E-state index in [1.54, 1.807) is 18.7 Å². The van der Waals surface area contributed by atoms with Gasteiger partial charge in [0.2, 0.25) is 0 Å². The van der Waals surface area contributed by atoms with Gasteiger partial charge in [-0.15, -0.1) is 0 Å². The van der Waals surface area contributed by atoms with Gasteiger partial charge < -0.3 is 15.5 Å². The molecule has 0 spiro atoms. The largest absolute Gasteiger partial charge is 0.472 e. The fraction of sp³-hybridized carbons (Fsp3) is 0.111. The topological polar surface area (TPSA) is 77.0 Å². The highest BCUT2D eigenvalue weighted by Gasteiger charge is 1.96. The Bertz CT molecular complexity index is 399. The number of anilines is 2. The first-order chi connectivity index (χ1) is 6.84. The van der Waals surface area contributed by atoms with Crippen LogP contribution in [0.15, 0.2) is 35.4 Å². The maximum absolute atomic E-state index is 5.48. The van der Waals surface area contributed by atoms with E-state index in [-0.39, 0.29) is 0 Å². The van der Waals surface area contributed by atoms with E-state index >= 15 is 0 Å². The molecule has 0 bridgehead atoms. The van der Waals surface area contributed by atoms with Crippen LogP contribution in [0.25, 0.3) is 0 Å². The Morgan fingerprint density at radius 3 is 3.07 bits per heavy atom. The summed E-state index contributed by atoms with van der Waals surface area (Å²) >= 11 is 0. The zero-order valence-electron chi connectivity index (χ0n) is 7.47. The maximum atomic E-state index is 5.48. The molecule has 0 aliphatic rings. The zero-order valence-corrected chi connectivity index (χ0v) is 7.47. The molecule has 72 valence electrons. The molecular weight excluding hydrogens is 180 g/mol. The Balaban J connectivity index is 1.98. The van der Waals surface area contributed by atoms with Crippen molar-refractivity contribution in [1.29, 1.82) is 0 Å². The van der Waals surface area contributed by atoms with Gasteiger partial charge in [0, 0.05) is 12.1 Å². The fourth-order valence-electron chi connectivity index (χ4n) is 1.05. The van der Waals surface area contributed by atoms with Gasteiger partial charge in [-0.1, -0.05) is 0 Å². The Morgan fingerprint density at radius 1 is 1.43 bits per heavy atom. The molecule has 0 radical (unpaired) electrons. The molecule has 2 rings (SSSR count). The quantitative estimate of drug-likeness (QED) is 0.762. The van der Waals surface area contributed by atoms with Gasteiger partial charge in [-0.05, 0) is 6.07 Å². The second kappa shape index (κ2) is 3.78. The molecule has 0 unspecified atom stereocenters. The van der Waals surface area contributed by atoms with Gasteiger partial charge in [0.1, 0.15) is 11.6 Å². The molecule has 14 heavy (non-hydrogen) atoms. The number of furan rings is 1. The maximum Gasteiger partial charge on any atom is 0.147 e. The summed E-state index contributed by atoms with van der Waals surface area (Å²) < 4.78 is 4.93. The smallest absolute Gasteiger partial charge is 0.147 e. The van der Waals surface area contributed by atoms with E-state index in [0.717, 1.165) is 5.56 Å². The first-order valence-corrected chi connectivity index (χ1v) is 4.17. The molecule has 0 atom stereocenters. The van der Waals surface area contributed by atoms with Gasteiger partial charge >= 0.3 is 0 Å². The summed E-state index contributed by atoms with van der Waals surface area (Å²) in [5.41, 5.74) is 6.53. The van der Waals surface area contributed by atoms with Gasteiger partial charge in [-0.3, -0.25) is 4.98 Å². The van der Waals surface area contributed by atoms with Crippen LogP contribution in [0.1, 0.15) is 5.56 Å². The molecule has 3 N–H and O–H groups in total. The number of nitrogens with two attached hydrogens (primary N) is 1. The van der Waals surface area contributed by atoms with Crippen LogP contribution in [-0.2, 0) is 6.54 Å². The number of nitrogens with zero attached hydrogens (tertiary/aromatic N) is 2. The third kappa shape index (κ3) is 2.01. The van der Waals surface area contributed by atoms with Crippen LogP contribution >= 0.6 is 0 Å². The number of nitrogen functional groups attached to an aromatic ring is 1. The number of hydrogen-bond acceptors (Lipinski definition) is 5. The fourth-order valence-corrected chi connectivity index (χ4v) is 1.05. The van der Waals surface area contributed by atoms with Crippen molar-refractivity contribution < 1.29 is 4.42 Å². The lowest BCUT2D eigenvalue weighted by Gasteiger charge is -2.02. The molecule has 0 amide bonds. The van der Waals surface area contributed by atoms with Gasteiger partial charge in [-0.25, -0.2) is 4.98 Å². The summed E-state index contributed by atoms with van der Waals surface area (Å²) in [5, 5.41) is 3.07. The van der Waals surface area contributed by atoms with Crippen molar-refractivity contribution in [3.8, 4) is 0 Å². The van der Waals surface area contributed by atoms with Gasteiger partial charge in [0.25, 0.3) is 0 Å². The average Bonchev–Trinajstić information content (AvgIpc) is 2.67. The van der Waals surface area contributed by atoms with Gasteiger partial charge in [0.15, 0.2) is 0 Å². The molecule has 2 aromatic rings. The van der Waals surface area contributed by atoms with Crippen LogP contribution in [0, 0.1) is 0 Å². The highest BCUT2D eigenvalue weighted by molar-refractivity contribution is 5.38. The predicted octanol–water partition coefficient (Wildman–Crippen LogP) is 1.26. The SMILES string of the molecule is Nc1cncc(NCc2ccoc2)n1. The van der Waals surface area contributed by atoms with Crippen LogP contribution in [0.5, 0.6) is 0 Å². The summed E-state index contributed by atoms with van der Waals surface area (Å²) in [6.45, 7) is 0.647. The van der Waals surface area contributed by atoms with E-state index in [1.807, 2.05) is 6.07 Å². The van der Waals surface area contributed by atoms with Gasteiger partial charge in [0.05, 0.1) is 24.9 Å². The minimum atomic E-state index is 0.405. The standard InChI is InChI=1S/C9H10N4O/c10-8-4-11-5-9(13-8)12-3-7-1-2-14-6-7/h1-2,4-6H,3H2,(H3,10,12,13). The number of aromatic nitrogens is 2. The first-order valence-electron chi connectivity index (χ1n) is 4.17. The third-order valence-corrected chi connectivity index (χ3v) is 1.71. The van der Waals surface area contributed by atoms with Gasteiger partial charge in [-0.2, -0.15) is 0 Å². The van der Waals surface area contributed by atoms with Crippen molar-refractivity contribution in [2.75, 3.05) is 11.1 Å². The number of rotatable bonds is 3. The lowest BCUT2D eigenvalue weighted by molar-refractivity contribution is 0.564. The molecule has 5 heteroatoms. The molecule has 5 nitrogen and oxygen atoms in total. The Hall–Kier alpha value is -2.04. The first kappa shape index (κ1) is 8.55. The Kier molecular flexibility index (Phi) is 2.31. The van der Waals surface area contributed by atoms with Crippen molar-refractivity contribution in [3.63, 3.8) is 0 Å². The zero-order chi connectivity index (χ0) is 9.80. The molecule has 0 aromatic carbocycles. The Morgan fingerprint density at radius 2 is 2.36 bits per heavy atom. The van der Waals surface area contributed by atoms with Crippen LogP contribution in [0.3, 0.4) is 0 Å². The van der Waals surface area contributed by atoms with Crippen molar-refractivity contribution >= 4 is 11.6 Å². The number of nitrogens with one attached hydrogen (secondary N) is 1. The highest BCUT2D eigenvalue weighted by atomic mass is 16.3. The number of hydrogen-bond donors (Lipinski definition) is 2. The van der Waals surface area contributed by atoms with E-state index < -0.39 is 0 Å². The molecule has 0 saturated heterocycles. The summed E-state index contributed by atoms with van der Waals surface area (Å²) in [5.74, 6) is 1.06. The Labute approximate surface area is 81.0 Å². The molecule has 0 aliphatic heterocycles. The normalized spacial score (nSPS) is 10.0. The van der Waals surface area contributed by atoms with E-state index in [0.29, 0.717) is 18.2 Å². The highest BCUT2D eigenvalue weighted by Crippen LogP contribution is 2.06. The van der Waals surface area contributed by atoms with E-state index in [2.05, 4.69) is 15.3 Å². The lowest BCUT2D eigenvalue weighted by Crippen LogP contribution is -2.02. The minimum Gasteiger partial charge on any atom is -0.472 e. The molecular formula is C9H10N4O. The molecule has 0 fully saturated rings. The second-order valence-electron chi connectivity index (χ2n) is 2.81. The van der Waals surface area contributed by atoms with E-state index in [9.17, 15) is 0 Å². The van der Waals surface area contributed by atoms with Crippen molar-refractivity contribution in [2.24, 2.45) is 0 Å². The molecule has 0 saturated carbocycles. The molecule has 0 aliphatic carbocycles. The van der Waals surface area contributed by atoms with Crippen LogP contribution < -0.4 is 11.1 Å². The predicted molar refractivity (Wildman–Crippen MR) is 52.5 cm³/mol. The van der Waals surface area contributed by atoms with Crippen molar-refractivity contribution in [1.82, 2.24) is 9.97 Å². The van der Waals surface area contributed by atoms with Crippen LogP contribution in [0.2, 0.25) is 0 Å². The summed E-state index contributed by atoms with van der Waals surface area (Å²) in [6, 6.07) is 1.88. The molecule has 2 heterocycles. The van der Waals surface area contributed by atoms with E-state index in [4.69, 9.17) is 10.2 Å². The lowest BCUT2D eigenvalue weighted by atomic mass is 10.3. The molecule has 2 aromatic heterocycles. The van der Waals surface area contributed by atoms with E-state index in [1.165, 1.54) is 6.20 Å². The van der Waals surface area contributed by atoms with Crippen molar-refractivity contribution in [2.45, 2.75) is 6.54 Å². The average molecular weight is 190 g/mol. The third-order valence-electron chi connectivity index (χ3n) is 1.71. The summed E-state index contributed by atoms with van der Waals surface area (Å²) in [4.78, 5) is 7.96. The summed E-state index contributed by atoms with van der Waals surface area (Å²) in [7, 11) is 0. The second-order valence-corrected chi connectivity index (χ2v) is 2.81.